The second-order valence-electron chi connectivity index (χ2n) is 8.25. The van der Waals surface area contributed by atoms with Gasteiger partial charge in [0.1, 0.15) is 5.82 Å². The van der Waals surface area contributed by atoms with E-state index >= 15 is 0 Å². The van der Waals surface area contributed by atoms with Gasteiger partial charge < -0.3 is 4.90 Å². The summed E-state index contributed by atoms with van der Waals surface area (Å²) in [4.78, 5) is 2.72. The van der Waals surface area contributed by atoms with Crippen LogP contribution in [0.5, 0.6) is 0 Å². The molecule has 2 fully saturated rings. The third-order valence-electron chi connectivity index (χ3n) is 6.16. The fourth-order valence-electron chi connectivity index (χ4n) is 4.67. The van der Waals surface area contributed by atoms with E-state index in [2.05, 4.69) is 18.7 Å². The van der Waals surface area contributed by atoms with Crippen molar-refractivity contribution in [2.75, 3.05) is 19.6 Å². The molecule has 1 heterocycles. The summed E-state index contributed by atoms with van der Waals surface area (Å²) in [5.41, 5.74) is 1.29. The molecule has 1 nitrogen and oxygen atoms in total. The van der Waals surface area contributed by atoms with E-state index in [-0.39, 0.29) is 5.82 Å². The Balaban J connectivity index is 1.52. The normalized spacial score (nSPS) is 32.8. The Kier molecular flexibility index (Phi) is 5.74. The van der Waals surface area contributed by atoms with Crippen molar-refractivity contribution in [1.82, 2.24) is 4.90 Å². The van der Waals surface area contributed by atoms with Crippen LogP contribution in [-0.2, 0) is 6.42 Å². The number of rotatable bonds is 4. The van der Waals surface area contributed by atoms with Crippen LogP contribution in [0.2, 0.25) is 0 Å². The molecule has 1 aromatic rings. The second-order valence-corrected chi connectivity index (χ2v) is 8.25. The molecule has 0 unspecified atom stereocenters. The zero-order chi connectivity index (χ0) is 16.2. The number of hydrogen-bond acceptors (Lipinski definition) is 1. The van der Waals surface area contributed by atoms with Crippen molar-refractivity contribution in [2.24, 2.45) is 23.7 Å². The molecule has 1 aliphatic carbocycles. The number of likely N-dealkylation sites (tertiary alicyclic amines) is 1. The van der Waals surface area contributed by atoms with E-state index in [1.807, 2.05) is 12.1 Å². The smallest absolute Gasteiger partial charge is 0.123 e. The molecule has 4 atom stereocenters. The number of hydrogen-bond donors (Lipinski definition) is 0. The van der Waals surface area contributed by atoms with E-state index < -0.39 is 0 Å². The highest BCUT2D eigenvalue weighted by atomic mass is 19.1. The van der Waals surface area contributed by atoms with Crippen LogP contribution in [0.15, 0.2) is 24.3 Å². The number of nitrogens with zero attached hydrogens (tertiary/aromatic N) is 1. The van der Waals surface area contributed by atoms with Gasteiger partial charge >= 0.3 is 0 Å². The Labute approximate surface area is 141 Å². The Bertz CT molecular complexity index is 483. The summed E-state index contributed by atoms with van der Waals surface area (Å²) in [6.45, 7) is 8.68. The van der Waals surface area contributed by atoms with Crippen LogP contribution >= 0.6 is 0 Å². The van der Waals surface area contributed by atoms with Crippen LogP contribution in [0.3, 0.4) is 0 Å². The van der Waals surface area contributed by atoms with Crippen LogP contribution < -0.4 is 0 Å². The van der Waals surface area contributed by atoms with Gasteiger partial charge in [-0.1, -0.05) is 38.8 Å². The largest absolute Gasteiger partial charge is 0.303 e. The first-order valence-corrected chi connectivity index (χ1v) is 9.57. The number of benzene rings is 1. The summed E-state index contributed by atoms with van der Waals surface area (Å²) in [5.74, 6) is 3.31. The molecule has 1 saturated carbocycles. The van der Waals surface area contributed by atoms with Crippen LogP contribution in [0.25, 0.3) is 0 Å². The lowest BCUT2D eigenvalue weighted by atomic mass is 9.75. The molecule has 0 spiro atoms. The highest BCUT2D eigenvalue weighted by molar-refractivity contribution is 5.16. The molecule has 3 rings (SSSR count). The van der Waals surface area contributed by atoms with Gasteiger partial charge in [0.15, 0.2) is 0 Å². The van der Waals surface area contributed by atoms with E-state index in [0.29, 0.717) is 0 Å². The van der Waals surface area contributed by atoms with Crippen molar-refractivity contribution in [3.05, 3.63) is 35.6 Å². The van der Waals surface area contributed by atoms with Gasteiger partial charge in [-0.25, -0.2) is 4.39 Å². The molecule has 1 saturated heterocycles. The maximum absolute atomic E-state index is 13.0. The third-order valence-corrected chi connectivity index (χ3v) is 6.16. The van der Waals surface area contributed by atoms with Crippen LogP contribution in [0.4, 0.5) is 4.39 Å². The van der Waals surface area contributed by atoms with Crippen LogP contribution in [0.1, 0.15) is 51.5 Å². The van der Waals surface area contributed by atoms with E-state index in [1.54, 1.807) is 12.1 Å². The molecule has 2 heteroatoms. The molecular formula is C21H32FN. The summed E-state index contributed by atoms with van der Waals surface area (Å²) in [7, 11) is 0. The first-order valence-electron chi connectivity index (χ1n) is 9.57. The molecule has 2 aliphatic rings. The summed E-state index contributed by atoms with van der Waals surface area (Å²) in [5, 5.41) is 0. The lowest BCUT2D eigenvalue weighted by Gasteiger charge is -2.39. The van der Waals surface area contributed by atoms with Crippen molar-refractivity contribution in [3.63, 3.8) is 0 Å². The average molecular weight is 317 g/mol. The highest BCUT2D eigenvalue weighted by Crippen LogP contribution is 2.34. The van der Waals surface area contributed by atoms with Gasteiger partial charge in [0.2, 0.25) is 0 Å². The molecule has 23 heavy (non-hydrogen) atoms. The number of halogens is 1. The summed E-state index contributed by atoms with van der Waals surface area (Å²) < 4.78 is 13.0. The second kappa shape index (κ2) is 7.79. The molecule has 0 aromatic heterocycles. The molecule has 0 N–H and O–H groups in total. The first kappa shape index (κ1) is 17.0. The third kappa shape index (κ3) is 4.79. The molecule has 1 aliphatic heterocycles. The fraction of sp³-hybridized carbons (Fsp3) is 0.714. The quantitative estimate of drug-likeness (QED) is 0.742. The summed E-state index contributed by atoms with van der Waals surface area (Å²) >= 11 is 0. The van der Waals surface area contributed by atoms with Gasteiger partial charge in [0.25, 0.3) is 0 Å². The molecule has 0 bridgehead atoms. The maximum Gasteiger partial charge on any atom is 0.123 e. The zero-order valence-corrected chi connectivity index (χ0v) is 14.8. The summed E-state index contributed by atoms with van der Waals surface area (Å²) in [6, 6.07) is 7.11. The highest BCUT2D eigenvalue weighted by Gasteiger charge is 2.29. The molecule has 128 valence electrons. The minimum absolute atomic E-state index is 0.126. The lowest BCUT2D eigenvalue weighted by Crippen LogP contribution is -2.41. The van der Waals surface area contributed by atoms with Crippen molar-refractivity contribution in [2.45, 2.75) is 52.4 Å². The monoisotopic (exact) mass is 317 g/mol. The Morgan fingerprint density at radius 3 is 2.65 bits per heavy atom. The van der Waals surface area contributed by atoms with E-state index in [9.17, 15) is 4.39 Å². The average Bonchev–Trinajstić information content (AvgIpc) is 2.54. The van der Waals surface area contributed by atoms with Crippen LogP contribution in [0, 0.1) is 29.5 Å². The first-order chi connectivity index (χ1) is 11.1. The van der Waals surface area contributed by atoms with Gasteiger partial charge in [0.05, 0.1) is 0 Å². The van der Waals surface area contributed by atoms with E-state index in [0.717, 1.165) is 30.1 Å². The standard InChI is InChI=1S/C21H32FN/c1-16-5-6-17(2)20(12-16)15-23-11-3-4-19(14-23)13-18-7-9-21(22)10-8-18/h7-10,16-17,19-20H,3-6,11-15H2,1-2H3/t16-,17-,19+,20+/m1/s1. The minimum atomic E-state index is -0.126. The van der Waals surface area contributed by atoms with Crippen molar-refractivity contribution in [1.29, 1.82) is 0 Å². The molecule has 0 radical (unpaired) electrons. The Hall–Kier alpha value is -0.890. The van der Waals surface area contributed by atoms with Gasteiger partial charge in [0, 0.05) is 13.1 Å². The summed E-state index contributed by atoms with van der Waals surface area (Å²) in [6.07, 6.45) is 8.00. The predicted octanol–water partition coefficient (Wildman–Crippen LogP) is 5.15. The SMILES string of the molecule is C[C@@H]1CC[C@@H](C)[C@H](CN2CCC[C@@H](Cc3ccc(F)cc3)C2)C1. The zero-order valence-electron chi connectivity index (χ0n) is 14.8. The minimum Gasteiger partial charge on any atom is -0.303 e. The van der Waals surface area contributed by atoms with Gasteiger partial charge in [-0.05, 0) is 73.6 Å². The fourth-order valence-corrected chi connectivity index (χ4v) is 4.67. The Morgan fingerprint density at radius 1 is 1.09 bits per heavy atom. The van der Waals surface area contributed by atoms with Gasteiger partial charge in [-0.15, -0.1) is 0 Å². The van der Waals surface area contributed by atoms with Gasteiger partial charge in [-0.3, -0.25) is 0 Å². The topological polar surface area (TPSA) is 3.24 Å². The predicted molar refractivity (Wildman–Crippen MR) is 94.9 cm³/mol. The molecular weight excluding hydrogens is 285 g/mol. The Morgan fingerprint density at radius 2 is 1.87 bits per heavy atom. The maximum atomic E-state index is 13.0. The van der Waals surface area contributed by atoms with Crippen molar-refractivity contribution < 1.29 is 4.39 Å². The number of piperidine rings is 1. The van der Waals surface area contributed by atoms with Crippen molar-refractivity contribution in [3.8, 4) is 0 Å². The lowest BCUT2D eigenvalue weighted by molar-refractivity contribution is 0.101. The van der Waals surface area contributed by atoms with Crippen LogP contribution in [-0.4, -0.2) is 24.5 Å². The van der Waals surface area contributed by atoms with E-state index in [1.165, 1.54) is 57.3 Å². The van der Waals surface area contributed by atoms with Crippen molar-refractivity contribution >= 4 is 0 Å². The molecule has 0 amide bonds. The molecule has 1 aromatic carbocycles. The van der Waals surface area contributed by atoms with Gasteiger partial charge in [-0.2, -0.15) is 0 Å². The van der Waals surface area contributed by atoms with E-state index in [4.69, 9.17) is 0 Å².